The van der Waals surface area contributed by atoms with Crippen LogP contribution in [0.1, 0.15) is 33.5 Å². The minimum absolute atomic E-state index is 0.154. The van der Waals surface area contributed by atoms with Gasteiger partial charge in [-0.25, -0.2) is 0 Å². The quantitative estimate of drug-likeness (QED) is 0.755. The van der Waals surface area contributed by atoms with Crippen LogP contribution < -0.4 is 0 Å². The molecule has 0 saturated carbocycles. The number of halogens is 1. The van der Waals surface area contributed by atoms with E-state index in [0.717, 1.165) is 17.8 Å². The zero-order valence-corrected chi connectivity index (χ0v) is 12.1. The zero-order valence-electron chi connectivity index (χ0n) is 10.5. The highest BCUT2D eigenvalue weighted by molar-refractivity contribution is 7.14. The van der Waals surface area contributed by atoms with Crippen molar-refractivity contribution in [2.24, 2.45) is 5.92 Å². The Bertz CT molecular complexity index is 410. The number of thiophene rings is 1. The standard InChI is InChI=1S/C13H18ClNOS/c1-8-4-5-15(11(8)7-14)13(16)12-6-9(2)10(3)17-12/h6,8,11H,4-5,7H2,1-3H3. The number of carbonyl (C=O) groups is 1. The molecule has 1 aromatic heterocycles. The third-order valence-electron chi connectivity index (χ3n) is 3.68. The second-order valence-corrected chi connectivity index (χ2v) is 6.40. The summed E-state index contributed by atoms with van der Waals surface area (Å²) < 4.78 is 0. The van der Waals surface area contributed by atoms with Crippen molar-refractivity contribution in [3.8, 4) is 0 Å². The van der Waals surface area contributed by atoms with Crippen molar-refractivity contribution in [3.05, 3.63) is 21.4 Å². The summed E-state index contributed by atoms with van der Waals surface area (Å²) in [6.45, 7) is 7.12. The molecule has 2 unspecified atom stereocenters. The van der Waals surface area contributed by atoms with E-state index >= 15 is 0 Å². The van der Waals surface area contributed by atoms with Gasteiger partial charge in [0.15, 0.2) is 0 Å². The second kappa shape index (κ2) is 4.99. The third-order valence-corrected chi connectivity index (χ3v) is 5.13. The highest BCUT2D eigenvalue weighted by Crippen LogP contribution is 2.29. The van der Waals surface area contributed by atoms with Crippen molar-refractivity contribution < 1.29 is 4.79 Å². The van der Waals surface area contributed by atoms with Gasteiger partial charge in [0.1, 0.15) is 0 Å². The van der Waals surface area contributed by atoms with Crippen LogP contribution in [-0.4, -0.2) is 29.3 Å². The Morgan fingerprint density at radius 3 is 2.82 bits per heavy atom. The maximum Gasteiger partial charge on any atom is 0.264 e. The monoisotopic (exact) mass is 271 g/mol. The topological polar surface area (TPSA) is 20.3 Å². The van der Waals surface area contributed by atoms with Crippen LogP contribution in [0.15, 0.2) is 6.07 Å². The fraction of sp³-hybridized carbons (Fsp3) is 0.615. The summed E-state index contributed by atoms with van der Waals surface area (Å²) in [5.74, 6) is 1.20. The van der Waals surface area contributed by atoms with Crippen molar-refractivity contribution in [2.45, 2.75) is 33.2 Å². The van der Waals surface area contributed by atoms with Crippen LogP contribution in [0.25, 0.3) is 0 Å². The average molecular weight is 272 g/mol. The molecule has 2 heterocycles. The number of likely N-dealkylation sites (tertiary alicyclic amines) is 1. The van der Waals surface area contributed by atoms with E-state index in [9.17, 15) is 4.79 Å². The molecule has 1 aliphatic heterocycles. The summed E-state index contributed by atoms with van der Waals surface area (Å²) in [5, 5.41) is 0. The number of hydrogen-bond donors (Lipinski definition) is 0. The van der Waals surface area contributed by atoms with Crippen molar-refractivity contribution >= 4 is 28.8 Å². The molecule has 17 heavy (non-hydrogen) atoms. The van der Waals surface area contributed by atoms with Gasteiger partial charge in [-0.2, -0.15) is 0 Å². The highest BCUT2D eigenvalue weighted by Gasteiger charge is 2.34. The molecule has 2 atom stereocenters. The summed E-state index contributed by atoms with van der Waals surface area (Å²) in [7, 11) is 0. The van der Waals surface area contributed by atoms with Crippen LogP contribution in [0.5, 0.6) is 0 Å². The summed E-state index contributed by atoms with van der Waals surface area (Å²) in [5.41, 5.74) is 1.20. The van der Waals surface area contributed by atoms with Gasteiger partial charge in [0.05, 0.1) is 4.88 Å². The van der Waals surface area contributed by atoms with Crippen LogP contribution in [0.3, 0.4) is 0 Å². The molecule has 0 aliphatic carbocycles. The molecule has 0 aromatic carbocycles. The van der Waals surface area contributed by atoms with E-state index < -0.39 is 0 Å². The average Bonchev–Trinajstić information content (AvgIpc) is 2.82. The Morgan fingerprint density at radius 2 is 2.29 bits per heavy atom. The summed E-state index contributed by atoms with van der Waals surface area (Å²) >= 11 is 7.56. The van der Waals surface area contributed by atoms with Crippen LogP contribution >= 0.6 is 22.9 Å². The van der Waals surface area contributed by atoms with Crippen LogP contribution in [0.2, 0.25) is 0 Å². The first-order valence-electron chi connectivity index (χ1n) is 5.98. The van der Waals surface area contributed by atoms with Crippen molar-refractivity contribution in [1.29, 1.82) is 0 Å². The van der Waals surface area contributed by atoms with Crippen molar-refractivity contribution in [1.82, 2.24) is 4.90 Å². The number of rotatable bonds is 2. The first kappa shape index (κ1) is 12.9. The number of hydrogen-bond acceptors (Lipinski definition) is 2. The lowest BCUT2D eigenvalue weighted by molar-refractivity contribution is 0.0742. The highest BCUT2D eigenvalue weighted by atomic mass is 35.5. The molecule has 0 spiro atoms. The molecule has 1 saturated heterocycles. The maximum atomic E-state index is 12.4. The van der Waals surface area contributed by atoms with Gasteiger partial charge in [0.25, 0.3) is 5.91 Å². The third kappa shape index (κ3) is 2.36. The van der Waals surface area contributed by atoms with Gasteiger partial charge in [0, 0.05) is 23.3 Å². The fourth-order valence-electron chi connectivity index (χ4n) is 2.32. The molecule has 1 aliphatic rings. The molecule has 1 fully saturated rings. The molecule has 0 N–H and O–H groups in total. The molecule has 2 rings (SSSR count). The Labute approximate surface area is 112 Å². The minimum atomic E-state index is 0.154. The van der Waals surface area contributed by atoms with E-state index in [1.165, 1.54) is 10.4 Å². The molecule has 1 aromatic rings. The predicted molar refractivity (Wildman–Crippen MR) is 73.1 cm³/mol. The fourth-order valence-corrected chi connectivity index (χ4v) is 3.78. The van der Waals surface area contributed by atoms with Crippen molar-refractivity contribution in [3.63, 3.8) is 0 Å². The maximum absolute atomic E-state index is 12.4. The second-order valence-electron chi connectivity index (χ2n) is 4.84. The lowest BCUT2D eigenvalue weighted by Gasteiger charge is -2.24. The number of amides is 1. The Hall–Kier alpha value is -0.540. The SMILES string of the molecule is Cc1cc(C(=O)N2CCC(C)C2CCl)sc1C. The first-order chi connectivity index (χ1) is 8.04. The van der Waals surface area contributed by atoms with E-state index in [1.807, 2.05) is 17.9 Å². The number of aryl methyl sites for hydroxylation is 2. The van der Waals surface area contributed by atoms with Crippen molar-refractivity contribution in [2.75, 3.05) is 12.4 Å². The number of nitrogens with zero attached hydrogens (tertiary/aromatic N) is 1. The zero-order chi connectivity index (χ0) is 12.6. The Morgan fingerprint density at radius 1 is 1.59 bits per heavy atom. The smallest absolute Gasteiger partial charge is 0.264 e. The van der Waals surface area contributed by atoms with Crippen LogP contribution in [0, 0.1) is 19.8 Å². The van der Waals surface area contributed by atoms with Crippen LogP contribution in [0.4, 0.5) is 0 Å². The van der Waals surface area contributed by atoms with E-state index in [0.29, 0.717) is 11.8 Å². The molecular formula is C13H18ClNOS. The van der Waals surface area contributed by atoms with Gasteiger partial charge in [-0.3, -0.25) is 4.79 Å². The molecule has 1 amide bonds. The van der Waals surface area contributed by atoms with Gasteiger partial charge < -0.3 is 4.90 Å². The molecule has 0 radical (unpaired) electrons. The lowest BCUT2D eigenvalue weighted by Crippen LogP contribution is -2.38. The molecule has 4 heteroatoms. The number of carbonyl (C=O) groups excluding carboxylic acids is 1. The van der Waals surface area contributed by atoms with Crippen LogP contribution in [-0.2, 0) is 0 Å². The summed E-state index contributed by atoms with van der Waals surface area (Å²) in [4.78, 5) is 16.4. The van der Waals surface area contributed by atoms with Gasteiger partial charge in [-0.05, 0) is 37.8 Å². The van der Waals surface area contributed by atoms with Gasteiger partial charge in [-0.15, -0.1) is 22.9 Å². The molecule has 94 valence electrons. The Kier molecular flexibility index (Phi) is 3.79. The summed E-state index contributed by atoms with van der Waals surface area (Å²) in [6.07, 6.45) is 1.06. The number of alkyl halides is 1. The molecular weight excluding hydrogens is 254 g/mol. The normalized spacial score (nSPS) is 24.4. The van der Waals surface area contributed by atoms with E-state index in [-0.39, 0.29) is 11.9 Å². The summed E-state index contributed by atoms with van der Waals surface area (Å²) in [6, 6.07) is 2.20. The van der Waals surface area contributed by atoms with E-state index in [4.69, 9.17) is 11.6 Å². The predicted octanol–water partition coefficient (Wildman–Crippen LogP) is 3.45. The molecule has 2 nitrogen and oxygen atoms in total. The van der Waals surface area contributed by atoms with Gasteiger partial charge in [-0.1, -0.05) is 6.92 Å². The van der Waals surface area contributed by atoms with E-state index in [2.05, 4.69) is 13.8 Å². The molecule has 0 bridgehead atoms. The van der Waals surface area contributed by atoms with E-state index in [1.54, 1.807) is 11.3 Å². The largest absolute Gasteiger partial charge is 0.333 e. The van der Waals surface area contributed by atoms with Gasteiger partial charge >= 0.3 is 0 Å². The Balaban J connectivity index is 2.20. The first-order valence-corrected chi connectivity index (χ1v) is 7.33. The lowest BCUT2D eigenvalue weighted by atomic mass is 10.1. The minimum Gasteiger partial charge on any atom is -0.333 e. The van der Waals surface area contributed by atoms with Gasteiger partial charge in [0.2, 0.25) is 0 Å².